The topological polar surface area (TPSA) is 64.7 Å². The summed E-state index contributed by atoms with van der Waals surface area (Å²) in [5.41, 5.74) is 1.52. The Morgan fingerprint density at radius 3 is 2.16 bits per heavy atom. The number of carbonyl (C=O) groups excluding carboxylic acids is 2. The maximum absolute atomic E-state index is 12.6. The van der Waals surface area contributed by atoms with Crippen molar-refractivity contribution >= 4 is 63.7 Å². The molecule has 32 heavy (non-hydrogen) atoms. The van der Waals surface area contributed by atoms with Gasteiger partial charge in [0.25, 0.3) is 5.91 Å². The van der Waals surface area contributed by atoms with E-state index in [2.05, 4.69) is 10.6 Å². The SMILES string of the molecule is O=C(NC(=S)Nc1ccc(N2CCN(C(=O)C(F)(F)F)CC2)c(Cl)c1)c1ccc(Cl)cc1. The summed E-state index contributed by atoms with van der Waals surface area (Å²) in [4.78, 5) is 26.1. The molecular weight excluding hydrogens is 488 g/mol. The van der Waals surface area contributed by atoms with E-state index in [1.54, 1.807) is 47.4 Å². The molecule has 1 saturated heterocycles. The number of thiocarbonyl (C=S) groups is 1. The van der Waals surface area contributed by atoms with Crippen LogP contribution in [0.5, 0.6) is 0 Å². The first-order chi connectivity index (χ1) is 15.0. The van der Waals surface area contributed by atoms with Crippen molar-refractivity contribution in [1.82, 2.24) is 10.2 Å². The average molecular weight is 505 g/mol. The molecule has 0 bridgehead atoms. The molecule has 1 aliphatic rings. The fraction of sp³-hybridized carbons (Fsp3) is 0.250. The molecule has 2 aromatic carbocycles. The predicted molar refractivity (Wildman–Crippen MR) is 121 cm³/mol. The predicted octanol–water partition coefficient (Wildman–Crippen LogP) is 4.33. The fourth-order valence-electron chi connectivity index (χ4n) is 3.11. The highest BCUT2D eigenvalue weighted by Crippen LogP contribution is 2.30. The molecule has 1 aliphatic heterocycles. The van der Waals surface area contributed by atoms with Gasteiger partial charge in [-0.05, 0) is 54.7 Å². The summed E-state index contributed by atoms with van der Waals surface area (Å²) in [6.45, 7) is 0.304. The lowest BCUT2D eigenvalue weighted by atomic mass is 10.2. The minimum Gasteiger partial charge on any atom is -0.367 e. The van der Waals surface area contributed by atoms with Crippen LogP contribution in [0.25, 0.3) is 0 Å². The van der Waals surface area contributed by atoms with Gasteiger partial charge in [0, 0.05) is 42.5 Å². The van der Waals surface area contributed by atoms with Gasteiger partial charge in [-0.15, -0.1) is 0 Å². The summed E-state index contributed by atoms with van der Waals surface area (Å²) in [5.74, 6) is -2.25. The van der Waals surface area contributed by atoms with Crippen LogP contribution in [-0.4, -0.2) is 54.2 Å². The van der Waals surface area contributed by atoms with Crippen molar-refractivity contribution in [2.45, 2.75) is 6.18 Å². The second-order valence-electron chi connectivity index (χ2n) is 6.86. The van der Waals surface area contributed by atoms with Crippen LogP contribution in [0, 0.1) is 0 Å². The summed E-state index contributed by atoms with van der Waals surface area (Å²) in [6, 6.07) is 11.3. The highest BCUT2D eigenvalue weighted by molar-refractivity contribution is 7.80. The molecule has 2 amide bonds. The van der Waals surface area contributed by atoms with Crippen LogP contribution < -0.4 is 15.5 Å². The van der Waals surface area contributed by atoms with Crippen molar-refractivity contribution in [1.29, 1.82) is 0 Å². The van der Waals surface area contributed by atoms with Crippen LogP contribution in [0.1, 0.15) is 10.4 Å². The summed E-state index contributed by atoms with van der Waals surface area (Å²) < 4.78 is 37.7. The Morgan fingerprint density at radius 1 is 0.969 bits per heavy atom. The van der Waals surface area contributed by atoms with Gasteiger partial charge < -0.3 is 15.1 Å². The number of piperazine rings is 1. The average Bonchev–Trinajstić information content (AvgIpc) is 2.73. The van der Waals surface area contributed by atoms with Crippen LogP contribution in [-0.2, 0) is 4.79 Å². The number of alkyl halides is 3. The van der Waals surface area contributed by atoms with E-state index in [4.69, 9.17) is 35.4 Å². The highest BCUT2D eigenvalue weighted by Gasteiger charge is 2.43. The minimum atomic E-state index is -4.88. The number of amides is 2. The van der Waals surface area contributed by atoms with E-state index in [0.29, 0.717) is 27.0 Å². The molecule has 0 spiro atoms. The second-order valence-corrected chi connectivity index (χ2v) is 8.11. The van der Waals surface area contributed by atoms with E-state index in [-0.39, 0.29) is 31.3 Å². The highest BCUT2D eigenvalue weighted by atomic mass is 35.5. The van der Waals surface area contributed by atoms with E-state index in [1.807, 2.05) is 0 Å². The zero-order valence-electron chi connectivity index (χ0n) is 16.4. The van der Waals surface area contributed by atoms with Gasteiger partial charge >= 0.3 is 12.1 Å². The summed E-state index contributed by atoms with van der Waals surface area (Å²) >= 11 is 17.3. The molecule has 6 nitrogen and oxygen atoms in total. The first-order valence-corrected chi connectivity index (χ1v) is 10.5. The van der Waals surface area contributed by atoms with E-state index >= 15 is 0 Å². The number of nitrogens with one attached hydrogen (secondary N) is 2. The Kier molecular flexibility index (Phi) is 7.47. The van der Waals surface area contributed by atoms with Gasteiger partial charge in [-0.3, -0.25) is 14.9 Å². The third-order valence-electron chi connectivity index (χ3n) is 4.69. The number of hydrogen-bond acceptors (Lipinski definition) is 4. The summed E-state index contributed by atoms with van der Waals surface area (Å²) in [6.07, 6.45) is -4.88. The molecule has 170 valence electrons. The second kappa shape index (κ2) is 9.93. The number of anilines is 2. The Morgan fingerprint density at radius 2 is 1.59 bits per heavy atom. The number of rotatable bonds is 3. The van der Waals surface area contributed by atoms with Gasteiger partial charge in [-0.25, -0.2) is 0 Å². The van der Waals surface area contributed by atoms with Crippen LogP contribution in [0.4, 0.5) is 24.5 Å². The monoisotopic (exact) mass is 504 g/mol. The molecule has 2 aromatic rings. The van der Waals surface area contributed by atoms with Crippen molar-refractivity contribution in [2.75, 3.05) is 36.4 Å². The Bertz CT molecular complexity index is 1030. The van der Waals surface area contributed by atoms with Gasteiger partial charge in [0.1, 0.15) is 0 Å². The zero-order chi connectivity index (χ0) is 23.5. The third kappa shape index (κ3) is 6.02. The number of nitrogens with zero attached hydrogens (tertiary/aromatic N) is 2. The number of hydrogen-bond donors (Lipinski definition) is 2. The molecule has 3 rings (SSSR count). The van der Waals surface area contributed by atoms with E-state index in [9.17, 15) is 22.8 Å². The largest absolute Gasteiger partial charge is 0.471 e. The van der Waals surface area contributed by atoms with Gasteiger partial charge in [0.2, 0.25) is 0 Å². The molecule has 12 heteroatoms. The summed E-state index contributed by atoms with van der Waals surface area (Å²) in [7, 11) is 0. The number of benzene rings is 2. The lowest BCUT2D eigenvalue weighted by Gasteiger charge is -2.36. The smallest absolute Gasteiger partial charge is 0.367 e. The van der Waals surface area contributed by atoms with Crippen molar-refractivity contribution in [3.63, 3.8) is 0 Å². The van der Waals surface area contributed by atoms with E-state index in [0.717, 1.165) is 4.90 Å². The quantitative estimate of drug-likeness (QED) is 0.609. The van der Waals surface area contributed by atoms with Crippen LogP contribution >= 0.6 is 35.4 Å². The van der Waals surface area contributed by atoms with Gasteiger partial charge in [0.15, 0.2) is 5.11 Å². The summed E-state index contributed by atoms with van der Waals surface area (Å²) in [5, 5.41) is 6.31. The Labute approximate surface area is 197 Å². The molecule has 0 aromatic heterocycles. The third-order valence-corrected chi connectivity index (χ3v) is 5.45. The number of carbonyl (C=O) groups is 2. The Hall–Kier alpha value is -2.56. The molecule has 0 saturated carbocycles. The molecule has 0 radical (unpaired) electrons. The maximum atomic E-state index is 12.6. The molecule has 0 unspecified atom stereocenters. The molecule has 1 fully saturated rings. The lowest BCUT2D eigenvalue weighted by Crippen LogP contribution is -2.52. The van der Waals surface area contributed by atoms with E-state index in [1.165, 1.54) is 0 Å². The normalized spacial score (nSPS) is 14.2. The number of halogens is 5. The van der Waals surface area contributed by atoms with Crippen LogP contribution in [0.2, 0.25) is 10.0 Å². The van der Waals surface area contributed by atoms with Gasteiger partial charge in [-0.1, -0.05) is 23.2 Å². The van der Waals surface area contributed by atoms with Gasteiger partial charge in [0.05, 0.1) is 10.7 Å². The van der Waals surface area contributed by atoms with Gasteiger partial charge in [-0.2, -0.15) is 13.2 Å². The minimum absolute atomic E-state index is 0.0600. The zero-order valence-corrected chi connectivity index (χ0v) is 18.7. The fourth-order valence-corrected chi connectivity index (χ4v) is 3.75. The molecular formula is C20H17Cl2F3N4O2S. The van der Waals surface area contributed by atoms with Crippen LogP contribution in [0.3, 0.4) is 0 Å². The molecule has 1 heterocycles. The van der Waals surface area contributed by atoms with Crippen molar-refractivity contribution in [3.05, 3.63) is 58.1 Å². The Balaban J connectivity index is 1.57. The molecule has 0 atom stereocenters. The first-order valence-electron chi connectivity index (χ1n) is 9.33. The van der Waals surface area contributed by atoms with E-state index < -0.39 is 18.0 Å². The maximum Gasteiger partial charge on any atom is 0.471 e. The van der Waals surface area contributed by atoms with Crippen LogP contribution in [0.15, 0.2) is 42.5 Å². The van der Waals surface area contributed by atoms with Crippen molar-refractivity contribution in [3.8, 4) is 0 Å². The van der Waals surface area contributed by atoms with Crippen molar-refractivity contribution < 1.29 is 22.8 Å². The molecule has 2 N–H and O–H groups in total. The standard InChI is InChI=1S/C20H17Cl2F3N4O2S/c21-13-3-1-12(2-4-13)17(30)27-19(32)26-14-5-6-16(15(22)11-14)28-7-9-29(10-8-28)18(31)20(23,24)25/h1-6,11H,7-10H2,(H2,26,27,30,32). The van der Waals surface area contributed by atoms with Crippen molar-refractivity contribution in [2.24, 2.45) is 0 Å². The molecule has 0 aliphatic carbocycles. The first kappa shape index (κ1) is 24.1. The lowest BCUT2D eigenvalue weighted by molar-refractivity contribution is -0.185.